The van der Waals surface area contributed by atoms with Gasteiger partial charge in [0.05, 0.1) is 5.25 Å². The largest absolute Gasteiger partial charge is 0.334 e. The quantitative estimate of drug-likeness (QED) is 0.721. The molecule has 0 spiro atoms. The minimum atomic E-state index is 0.110. The molecule has 0 bridgehead atoms. The van der Waals surface area contributed by atoms with E-state index in [-0.39, 0.29) is 10.7 Å². The molecule has 0 aromatic heterocycles. The lowest BCUT2D eigenvalue weighted by atomic mass is 9.69. The van der Waals surface area contributed by atoms with Crippen molar-refractivity contribution in [3.63, 3.8) is 0 Å². The summed E-state index contributed by atoms with van der Waals surface area (Å²) < 4.78 is 0. The Morgan fingerprint density at radius 1 is 1.42 bits per heavy atom. The summed E-state index contributed by atoms with van der Waals surface area (Å²) in [6.45, 7) is 7.66. The Morgan fingerprint density at radius 2 is 2.21 bits per heavy atom. The lowest BCUT2D eigenvalue weighted by Gasteiger charge is -2.45. The zero-order valence-electron chi connectivity index (χ0n) is 12.3. The molecule has 3 rings (SSSR count). The van der Waals surface area contributed by atoms with Gasteiger partial charge in [-0.2, -0.15) is 0 Å². The molecule has 3 aliphatic rings. The van der Waals surface area contributed by atoms with E-state index in [1.807, 2.05) is 11.8 Å². The Balaban J connectivity index is 1.95. The minimum absolute atomic E-state index is 0.110. The molecule has 2 aliphatic heterocycles. The molecular formula is C16H25NOS. The van der Waals surface area contributed by atoms with Crippen molar-refractivity contribution < 1.29 is 4.79 Å². The smallest absolute Gasteiger partial charge is 0.236 e. The molecule has 1 saturated heterocycles. The lowest BCUT2D eigenvalue weighted by Crippen LogP contribution is -2.48. The third kappa shape index (κ3) is 1.96. The molecular weight excluding hydrogens is 254 g/mol. The summed E-state index contributed by atoms with van der Waals surface area (Å²) in [4.78, 5) is 14.9. The van der Waals surface area contributed by atoms with Gasteiger partial charge in [-0.25, -0.2) is 0 Å². The van der Waals surface area contributed by atoms with E-state index in [4.69, 9.17) is 0 Å². The van der Waals surface area contributed by atoms with Crippen molar-refractivity contribution in [1.82, 2.24) is 4.90 Å². The monoisotopic (exact) mass is 279 g/mol. The summed E-state index contributed by atoms with van der Waals surface area (Å²) in [5.41, 5.74) is 1.76. The summed E-state index contributed by atoms with van der Waals surface area (Å²) in [7, 11) is 0. The highest BCUT2D eigenvalue weighted by molar-refractivity contribution is 8.00. The van der Waals surface area contributed by atoms with Gasteiger partial charge in [0.2, 0.25) is 5.91 Å². The second-order valence-electron chi connectivity index (χ2n) is 6.72. The second-order valence-corrected chi connectivity index (χ2v) is 8.11. The molecule has 1 aliphatic carbocycles. The van der Waals surface area contributed by atoms with E-state index in [1.165, 1.54) is 25.7 Å². The van der Waals surface area contributed by atoms with Crippen LogP contribution in [-0.4, -0.2) is 34.4 Å². The van der Waals surface area contributed by atoms with E-state index in [2.05, 4.69) is 31.7 Å². The number of thioether (sulfide) groups is 1. The van der Waals surface area contributed by atoms with Crippen molar-refractivity contribution in [1.29, 1.82) is 0 Å². The molecule has 0 aromatic rings. The van der Waals surface area contributed by atoms with Crippen LogP contribution >= 0.6 is 11.8 Å². The number of carbonyl (C=O) groups excluding carboxylic acids is 1. The number of amides is 1. The van der Waals surface area contributed by atoms with E-state index in [1.54, 1.807) is 5.57 Å². The fraction of sp³-hybridized carbons (Fsp3) is 0.812. The summed E-state index contributed by atoms with van der Waals surface area (Å²) in [5, 5.41) is 0.164. The molecule has 19 heavy (non-hydrogen) atoms. The van der Waals surface area contributed by atoms with Gasteiger partial charge in [-0.3, -0.25) is 4.79 Å². The predicted octanol–water partition coefficient (Wildman–Crippen LogP) is 3.48. The van der Waals surface area contributed by atoms with Gasteiger partial charge in [0.15, 0.2) is 0 Å². The maximum atomic E-state index is 12.7. The summed E-state index contributed by atoms with van der Waals surface area (Å²) in [6.07, 6.45) is 7.59. The predicted molar refractivity (Wildman–Crippen MR) is 81.2 cm³/mol. The summed E-state index contributed by atoms with van der Waals surface area (Å²) >= 11 is 1.84. The van der Waals surface area contributed by atoms with Crippen LogP contribution in [-0.2, 0) is 4.79 Å². The van der Waals surface area contributed by atoms with Crippen LogP contribution in [0.1, 0.15) is 46.5 Å². The fourth-order valence-corrected chi connectivity index (χ4v) is 5.63. The number of nitrogens with zero attached hydrogens (tertiary/aromatic N) is 1. The van der Waals surface area contributed by atoms with Gasteiger partial charge in [0, 0.05) is 23.9 Å². The molecule has 0 aromatic carbocycles. The van der Waals surface area contributed by atoms with Gasteiger partial charge in [-0.1, -0.05) is 38.8 Å². The van der Waals surface area contributed by atoms with E-state index >= 15 is 0 Å². The first-order valence-corrected chi connectivity index (χ1v) is 8.73. The highest BCUT2D eigenvalue weighted by Crippen LogP contribution is 2.52. The molecule has 1 amide bonds. The molecule has 106 valence electrons. The molecule has 0 N–H and O–H groups in total. The number of hydrogen-bond donors (Lipinski definition) is 0. The van der Waals surface area contributed by atoms with Crippen molar-refractivity contribution in [3.05, 3.63) is 11.6 Å². The highest BCUT2D eigenvalue weighted by atomic mass is 32.2. The van der Waals surface area contributed by atoms with Crippen LogP contribution in [0.3, 0.4) is 0 Å². The highest BCUT2D eigenvalue weighted by Gasteiger charge is 2.57. The summed E-state index contributed by atoms with van der Waals surface area (Å²) in [6, 6.07) is 0.448. The second kappa shape index (κ2) is 4.83. The van der Waals surface area contributed by atoms with Crippen LogP contribution in [0.4, 0.5) is 0 Å². The van der Waals surface area contributed by atoms with Crippen LogP contribution in [0.25, 0.3) is 0 Å². The molecule has 2 nitrogen and oxygen atoms in total. The third-order valence-electron chi connectivity index (χ3n) is 5.25. The Labute approximate surface area is 121 Å². The third-order valence-corrected chi connectivity index (χ3v) is 6.73. The van der Waals surface area contributed by atoms with Gasteiger partial charge >= 0.3 is 0 Å². The standard InChI is InChI=1S/C16H25NOS/c1-4-19-14-15(18)17-10-9-11-7-5-6-8-12(11)13(17)16(14,2)3/h9,12-14H,4-8,10H2,1-3H3/t12?,13-,14+/m1/s1. The Hall–Kier alpha value is -0.440. The zero-order valence-corrected chi connectivity index (χ0v) is 13.1. The fourth-order valence-electron chi connectivity index (χ4n) is 4.45. The van der Waals surface area contributed by atoms with Crippen molar-refractivity contribution in [3.8, 4) is 0 Å². The van der Waals surface area contributed by atoms with Crippen molar-refractivity contribution in [2.75, 3.05) is 12.3 Å². The van der Waals surface area contributed by atoms with Crippen molar-refractivity contribution in [2.45, 2.75) is 57.7 Å². The van der Waals surface area contributed by atoms with Crippen LogP contribution in [0.5, 0.6) is 0 Å². The van der Waals surface area contributed by atoms with Gasteiger partial charge in [-0.15, -0.1) is 11.8 Å². The minimum Gasteiger partial charge on any atom is -0.334 e. The molecule has 3 atom stereocenters. The van der Waals surface area contributed by atoms with E-state index in [9.17, 15) is 4.79 Å². The first-order chi connectivity index (χ1) is 9.07. The average Bonchev–Trinajstić information content (AvgIpc) is 2.60. The normalized spacial score (nSPS) is 36.8. The van der Waals surface area contributed by atoms with Crippen LogP contribution in [0, 0.1) is 11.3 Å². The Kier molecular flexibility index (Phi) is 3.45. The van der Waals surface area contributed by atoms with Gasteiger partial charge < -0.3 is 4.90 Å². The molecule has 2 heterocycles. The van der Waals surface area contributed by atoms with Crippen molar-refractivity contribution in [2.24, 2.45) is 11.3 Å². The van der Waals surface area contributed by atoms with E-state index in [0.29, 0.717) is 17.9 Å². The topological polar surface area (TPSA) is 20.3 Å². The van der Waals surface area contributed by atoms with E-state index in [0.717, 1.165) is 12.3 Å². The molecule has 1 unspecified atom stereocenters. The number of carbonyl (C=O) groups is 1. The van der Waals surface area contributed by atoms with Gasteiger partial charge in [0.25, 0.3) is 0 Å². The molecule has 1 saturated carbocycles. The number of hydrogen-bond acceptors (Lipinski definition) is 2. The first-order valence-electron chi connectivity index (χ1n) is 7.68. The molecule has 0 radical (unpaired) electrons. The summed E-state index contributed by atoms with van der Waals surface area (Å²) in [5.74, 6) is 2.07. The number of fused-ring (bicyclic) bond motifs is 3. The maximum absolute atomic E-state index is 12.7. The average molecular weight is 279 g/mol. The van der Waals surface area contributed by atoms with Crippen LogP contribution in [0.15, 0.2) is 11.6 Å². The zero-order chi connectivity index (χ0) is 13.6. The lowest BCUT2D eigenvalue weighted by molar-refractivity contribution is -0.128. The van der Waals surface area contributed by atoms with Gasteiger partial charge in [-0.05, 0) is 25.0 Å². The Bertz CT molecular complexity index is 415. The molecule has 2 fully saturated rings. The Morgan fingerprint density at radius 3 is 2.95 bits per heavy atom. The van der Waals surface area contributed by atoms with Gasteiger partial charge in [0.1, 0.15) is 0 Å². The SMILES string of the molecule is CCS[C@H]1C(=O)N2CC=C3CCCCC3[C@@H]2C1(C)C. The number of rotatable bonds is 2. The van der Waals surface area contributed by atoms with E-state index < -0.39 is 0 Å². The van der Waals surface area contributed by atoms with Crippen LogP contribution in [0.2, 0.25) is 0 Å². The van der Waals surface area contributed by atoms with Crippen molar-refractivity contribution >= 4 is 17.7 Å². The molecule has 3 heteroatoms. The maximum Gasteiger partial charge on any atom is 0.236 e. The first kappa shape index (κ1) is 13.5. The van der Waals surface area contributed by atoms with Crippen LogP contribution < -0.4 is 0 Å².